The number of nitrogens with one attached hydrogen (secondary N) is 2. The molecular weight excluding hydrogens is 439 g/mol. The molecule has 3 heterocycles. The van der Waals surface area contributed by atoms with Gasteiger partial charge in [-0.3, -0.25) is 24.6 Å². The minimum atomic E-state index is -1.81. The fraction of sp³-hybridized carbons (Fsp3) is 0.400. The Morgan fingerprint density at radius 1 is 1.18 bits per heavy atom. The summed E-state index contributed by atoms with van der Waals surface area (Å²) in [6.07, 6.45) is 0.461. The Hall–Kier alpha value is -3.30. The molecule has 0 radical (unpaired) electrons. The molecule has 2 fully saturated rings. The summed E-state index contributed by atoms with van der Waals surface area (Å²) in [4.78, 5) is 39.9. The second-order valence-corrected chi connectivity index (χ2v) is 8.60. The number of carbonyl (C=O) groups is 3. The fourth-order valence-electron chi connectivity index (χ4n) is 4.56. The molecule has 0 saturated carbocycles. The predicted molar refractivity (Wildman–Crippen MR) is 122 cm³/mol. The molecule has 5 rings (SSSR count). The van der Waals surface area contributed by atoms with Crippen molar-refractivity contribution in [1.82, 2.24) is 15.1 Å². The Morgan fingerprint density at radius 2 is 2.00 bits per heavy atom. The second kappa shape index (κ2) is 9.52. The van der Waals surface area contributed by atoms with E-state index in [4.69, 9.17) is 7.48 Å². The lowest BCUT2D eigenvalue weighted by molar-refractivity contribution is -0.136. The van der Waals surface area contributed by atoms with Gasteiger partial charge in [-0.05, 0) is 30.2 Å². The van der Waals surface area contributed by atoms with Crippen LogP contribution < -0.4 is 10.6 Å². The molecule has 34 heavy (non-hydrogen) atoms. The number of hydrogen-bond acceptors (Lipinski definition) is 6. The number of hydrogen-bond donors (Lipinski definition) is 2. The standard InChI is InChI=1S/C25H27FN4O4/c26-20-12-16(14-29-8-10-34-11-9-29)4-5-17(20)13-27-21-3-1-2-18-19(21)15-30(25(18)33)22-6-7-23(31)28-24(22)32/h1-5,12,22,27H,6-11,13-15H2,(H,28,31,32)/t22-/m0/s1/i14D2. The van der Waals surface area contributed by atoms with E-state index in [-0.39, 0.29) is 43.3 Å². The Balaban J connectivity index is 1.30. The van der Waals surface area contributed by atoms with Crippen molar-refractivity contribution >= 4 is 23.4 Å². The van der Waals surface area contributed by atoms with E-state index in [1.807, 2.05) is 0 Å². The summed E-state index contributed by atoms with van der Waals surface area (Å²) < 4.78 is 37.2. The smallest absolute Gasteiger partial charge is 0.255 e. The first-order chi connectivity index (χ1) is 17.3. The van der Waals surface area contributed by atoms with Gasteiger partial charge in [0.2, 0.25) is 11.8 Å². The van der Waals surface area contributed by atoms with Gasteiger partial charge in [0.05, 0.1) is 13.2 Å². The quantitative estimate of drug-likeness (QED) is 0.631. The van der Waals surface area contributed by atoms with E-state index in [0.717, 1.165) is 0 Å². The summed E-state index contributed by atoms with van der Waals surface area (Å²) in [6.45, 7) is 0.290. The number of imide groups is 1. The van der Waals surface area contributed by atoms with Crippen molar-refractivity contribution in [3.63, 3.8) is 0 Å². The van der Waals surface area contributed by atoms with Crippen LogP contribution in [0.3, 0.4) is 0 Å². The van der Waals surface area contributed by atoms with Crippen LogP contribution in [-0.2, 0) is 33.9 Å². The van der Waals surface area contributed by atoms with Gasteiger partial charge in [-0.1, -0.05) is 18.2 Å². The van der Waals surface area contributed by atoms with Crippen molar-refractivity contribution in [2.24, 2.45) is 0 Å². The lowest BCUT2D eigenvalue weighted by Crippen LogP contribution is -2.52. The van der Waals surface area contributed by atoms with Gasteiger partial charge in [-0.15, -0.1) is 0 Å². The van der Waals surface area contributed by atoms with Crippen molar-refractivity contribution in [3.05, 3.63) is 64.5 Å². The van der Waals surface area contributed by atoms with Crippen molar-refractivity contribution in [1.29, 1.82) is 0 Å². The minimum absolute atomic E-state index is 0.135. The molecule has 2 N–H and O–H groups in total. The number of benzene rings is 2. The zero-order chi connectivity index (χ0) is 25.4. The normalized spacial score (nSPS) is 22.2. The molecule has 178 valence electrons. The molecule has 3 aliphatic rings. The van der Waals surface area contributed by atoms with Gasteiger partial charge >= 0.3 is 0 Å². The van der Waals surface area contributed by atoms with Crippen LogP contribution in [0.5, 0.6) is 0 Å². The first-order valence-electron chi connectivity index (χ1n) is 12.4. The number of anilines is 1. The third-order valence-corrected chi connectivity index (χ3v) is 6.40. The third kappa shape index (κ3) is 4.53. The number of fused-ring (bicyclic) bond motifs is 1. The van der Waals surface area contributed by atoms with E-state index in [2.05, 4.69) is 10.6 Å². The molecule has 9 heteroatoms. The molecule has 2 aromatic carbocycles. The maximum absolute atomic E-state index is 15.0. The van der Waals surface area contributed by atoms with Crippen LogP contribution in [-0.4, -0.2) is 59.9 Å². The fourth-order valence-corrected chi connectivity index (χ4v) is 4.56. The maximum atomic E-state index is 15.0. The number of amides is 3. The molecule has 0 spiro atoms. The molecule has 3 amide bonds. The average molecular weight is 469 g/mol. The number of rotatable bonds is 6. The van der Waals surface area contributed by atoms with Crippen LogP contribution in [0.15, 0.2) is 36.4 Å². The average Bonchev–Trinajstić information content (AvgIpc) is 3.20. The Kier molecular flexibility index (Phi) is 5.63. The highest BCUT2D eigenvalue weighted by Crippen LogP contribution is 2.32. The molecule has 8 nitrogen and oxygen atoms in total. The van der Waals surface area contributed by atoms with Gasteiger partial charge in [0.15, 0.2) is 0 Å². The highest BCUT2D eigenvalue weighted by molar-refractivity contribution is 6.06. The molecule has 0 unspecified atom stereocenters. The SMILES string of the molecule is [2H]C([2H])(c1ccc(CNc2cccc3c2CN([C@H]2CCC(=O)NC2=O)C3=O)c(F)c1)N1CCOCC1. The van der Waals surface area contributed by atoms with Gasteiger partial charge in [-0.25, -0.2) is 4.39 Å². The van der Waals surface area contributed by atoms with Crippen LogP contribution in [0.25, 0.3) is 0 Å². The molecule has 2 aromatic rings. The summed E-state index contributed by atoms with van der Waals surface area (Å²) in [6, 6.07) is 8.90. The molecule has 2 saturated heterocycles. The molecule has 0 bridgehead atoms. The molecule has 3 aliphatic heterocycles. The topological polar surface area (TPSA) is 91.0 Å². The molecular formula is C25H27FN4O4. The van der Waals surface area contributed by atoms with Crippen LogP contribution in [0, 0.1) is 5.82 Å². The summed E-state index contributed by atoms with van der Waals surface area (Å²) >= 11 is 0. The summed E-state index contributed by atoms with van der Waals surface area (Å²) in [5, 5.41) is 5.48. The monoisotopic (exact) mass is 468 g/mol. The van der Waals surface area contributed by atoms with E-state index >= 15 is 0 Å². The Labute approximate surface area is 199 Å². The van der Waals surface area contributed by atoms with Gasteiger partial charge in [0.25, 0.3) is 5.91 Å². The van der Waals surface area contributed by atoms with Crippen molar-refractivity contribution in [2.45, 2.75) is 38.5 Å². The van der Waals surface area contributed by atoms with E-state index in [9.17, 15) is 18.8 Å². The van der Waals surface area contributed by atoms with Crippen molar-refractivity contribution in [3.8, 4) is 0 Å². The molecule has 0 aromatic heterocycles. The van der Waals surface area contributed by atoms with E-state index < -0.39 is 24.3 Å². The minimum Gasteiger partial charge on any atom is -0.381 e. The number of halogens is 1. The number of ether oxygens (including phenoxy) is 1. The van der Waals surface area contributed by atoms with E-state index in [0.29, 0.717) is 48.7 Å². The zero-order valence-electron chi connectivity index (χ0n) is 20.6. The van der Waals surface area contributed by atoms with Crippen LogP contribution in [0.2, 0.25) is 0 Å². The van der Waals surface area contributed by atoms with Gasteiger partial charge in [-0.2, -0.15) is 0 Å². The largest absolute Gasteiger partial charge is 0.381 e. The summed E-state index contributed by atoms with van der Waals surface area (Å²) in [7, 11) is 0. The number of carbonyl (C=O) groups excluding carboxylic acids is 3. The summed E-state index contributed by atoms with van der Waals surface area (Å²) in [5.41, 5.74) is 2.45. The third-order valence-electron chi connectivity index (χ3n) is 6.40. The highest BCUT2D eigenvalue weighted by atomic mass is 19.1. The van der Waals surface area contributed by atoms with Crippen LogP contribution in [0.1, 0.15) is 42.6 Å². The van der Waals surface area contributed by atoms with Gasteiger partial charge in [0, 0.05) is 64.2 Å². The van der Waals surface area contributed by atoms with Gasteiger partial charge in [0.1, 0.15) is 11.9 Å². The zero-order valence-corrected chi connectivity index (χ0v) is 18.6. The van der Waals surface area contributed by atoms with Gasteiger partial charge < -0.3 is 15.0 Å². The number of nitrogens with zero attached hydrogens (tertiary/aromatic N) is 2. The molecule has 1 atom stereocenters. The first kappa shape index (κ1) is 20.1. The first-order valence-corrected chi connectivity index (χ1v) is 11.4. The number of piperidine rings is 1. The Bertz CT molecular complexity index is 1220. The van der Waals surface area contributed by atoms with Crippen molar-refractivity contribution < 1.29 is 26.3 Å². The van der Waals surface area contributed by atoms with Crippen molar-refractivity contribution in [2.75, 3.05) is 31.6 Å². The molecule has 0 aliphatic carbocycles. The second-order valence-electron chi connectivity index (χ2n) is 8.60. The van der Waals surface area contributed by atoms with Crippen LogP contribution in [0.4, 0.5) is 10.1 Å². The van der Waals surface area contributed by atoms with E-state index in [1.54, 1.807) is 35.2 Å². The van der Waals surface area contributed by atoms with E-state index in [1.165, 1.54) is 11.0 Å². The number of morpholine rings is 1. The highest BCUT2D eigenvalue weighted by Gasteiger charge is 2.39. The lowest BCUT2D eigenvalue weighted by Gasteiger charge is -2.29. The predicted octanol–water partition coefficient (Wildman–Crippen LogP) is 2.03. The summed E-state index contributed by atoms with van der Waals surface area (Å²) in [5.74, 6) is -1.61. The maximum Gasteiger partial charge on any atom is 0.255 e. The lowest BCUT2D eigenvalue weighted by atomic mass is 10.0. The Morgan fingerprint density at radius 3 is 2.76 bits per heavy atom. The van der Waals surface area contributed by atoms with Crippen LogP contribution >= 0.6 is 0 Å².